The van der Waals surface area contributed by atoms with Gasteiger partial charge in [-0.1, -0.05) is 5.16 Å². The third kappa shape index (κ3) is 3.61. The molecule has 0 saturated carbocycles. The number of hydrogen-bond acceptors (Lipinski definition) is 5. The molecule has 0 spiro atoms. The molecule has 0 radical (unpaired) electrons. The van der Waals surface area contributed by atoms with Crippen molar-refractivity contribution in [3.8, 4) is 0 Å². The molecule has 0 unspecified atom stereocenters. The lowest BCUT2D eigenvalue weighted by molar-refractivity contribution is 0.296. The molecule has 1 rings (SSSR count). The highest BCUT2D eigenvalue weighted by molar-refractivity contribution is 7.99. The monoisotopic (exact) mass is 255 g/mol. The van der Waals surface area contributed by atoms with Crippen molar-refractivity contribution in [2.24, 2.45) is 10.9 Å². The summed E-state index contributed by atoms with van der Waals surface area (Å²) in [5, 5.41) is 20.6. The van der Waals surface area contributed by atoms with Gasteiger partial charge in [-0.15, -0.1) is 11.8 Å². The fraction of sp³-hybridized carbons (Fsp3) is 0.455. The molecule has 0 aliphatic rings. The number of pyridine rings is 1. The van der Waals surface area contributed by atoms with Crippen LogP contribution in [0.2, 0.25) is 0 Å². The lowest BCUT2D eigenvalue weighted by Crippen LogP contribution is -2.17. The molecule has 0 aliphatic carbocycles. The Morgan fingerprint density at radius 1 is 1.53 bits per heavy atom. The zero-order valence-electron chi connectivity index (χ0n) is 9.97. The van der Waals surface area contributed by atoms with Crippen LogP contribution in [0.5, 0.6) is 0 Å². The van der Waals surface area contributed by atoms with Crippen molar-refractivity contribution in [1.82, 2.24) is 4.98 Å². The second-order valence-corrected chi connectivity index (χ2v) is 4.77. The number of nitrogens with two attached hydrogens (primary N) is 1. The molecule has 0 aromatic carbocycles. The zero-order chi connectivity index (χ0) is 12.8. The van der Waals surface area contributed by atoms with Crippen LogP contribution in [0.1, 0.15) is 23.4 Å². The van der Waals surface area contributed by atoms with E-state index in [1.165, 1.54) is 0 Å². The second-order valence-electron chi connectivity index (χ2n) is 3.63. The van der Waals surface area contributed by atoms with E-state index in [-0.39, 0.29) is 12.4 Å². The minimum Gasteiger partial charge on any atom is -0.409 e. The normalized spacial score (nSPS) is 11.8. The van der Waals surface area contributed by atoms with Gasteiger partial charge in [0.1, 0.15) is 0 Å². The molecule has 17 heavy (non-hydrogen) atoms. The van der Waals surface area contributed by atoms with Crippen molar-refractivity contribution in [3.05, 3.63) is 23.0 Å². The molecule has 1 aromatic heterocycles. The number of aliphatic hydroxyl groups excluding tert-OH is 1. The molecule has 0 bridgehead atoms. The van der Waals surface area contributed by atoms with Crippen molar-refractivity contribution in [1.29, 1.82) is 0 Å². The van der Waals surface area contributed by atoms with Gasteiger partial charge in [-0.25, -0.2) is 0 Å². The number of thioether (sulfide) groups is 1. The molecule has 0 fully saturated rings. The van der Waals surface area contributed by atoms with Gasteiger partial charge in [0, 0.05) is 28.6 Å². The third-order valence-electron chi connectivity index (χ3n) is 2.22. The van der Waals surface area contributed by atoms with Crippen LogP contribution in [-0.2, 0) is 0 Å². The van der Waals surface area contributed by atoms with Gasteiger partial charge in [0.2, 0.25) is 0 Å². The standard InChI is InChI=1S/C11H17N3O2S/c1-7-6-9(17-5-3-4-15)10(8(2)13-7)11(12)14-16/h6,15-16H,3-5H2,1-2H3,(H2,12,14). The van der Waals surface area contributed by atoms with E-state index in [2.05, 4.69) is 10.1 Å². The van der Waals surface area contributed by atoms with E-state index in [0.717, 1.165) is 22.0 Å². The average Bonchev–Trinajstić information content (AvgIpc) is 2.28. The first-order valence-electron chi connectivity index (χ1n) is 5.30. The van der Waals surface area contributed by atoms with Crippen molar-refractivity contribution in [3.63, 3.8) is 0 Å². The van der Waals surface area contributed by atoms with Crippen molar-refractivity contribution >= 4 is 17.6 Å². The number of rotatable bonds is 5. The van der Waals surface area contributed by atoms with E-state index in [1.807, 2.05) is 19.9 Å². The van der Waals surface area contributed by atoms with Crippen LogP contribution < -0.4 is 5.73 Å². The number of hydrogen-bond donors (Lipinski definition) is 3. The molecular formula is C11H17N3O2S. The summed E-state index contributed by atoms with van der Waals surface area (Å²) in [6, 6.07) is 1.91. The smallest absolute Gasteiger partial charge is 0.173 e. The Labute approximate surface area is 105 Å². The van der Waals surface area contributed by atoms with Crippen LogP contribution >= 0.6 is 11.8 Å². The maximum absolute atomic E-state index is 8.76. The van der Waals surface area contributed by atoms with Gasteiger partial charge in [-0.05, 0) is 26.3 Å². The van der Waals surface area contributed by atoms with Gasteiger partial charge in [-0.3, -0.25) is 4.98 Å². The predicted octanol–water partition coefficient (Wildman–Crippen LogP) is 1.27. The molecule has 1 heterocycles. The highest BCUT2D eigenvalue weighted by Crippen LogP contribution is 2.25. The number of aliphatic hydroxyl groups is 1. The number of aromatic nitrogens is 1. The minimum absolute atomic E-state index is 0.0708. The molecule has 5 nitrogen and oxygen atoms in total. The molecule has 4 N–H and O–H groups in total. The summed E-state index contributed by atoms with van der Waals surface area (Å²) >= 11 is 1.57. The molecule has 6 heteroatoms. The summed E-state index contributed by atoms with van der Waals surface area (Å²) in [5.74, 6) is 0.854. The maximum atomic E-state index is 8.76. The highest BCUT2D eigenvalue weighted by Gasteiger charge is 2.13. The Morgan fingerprint density at radius 3 is 2.82 bits per heavy atom. The van der Waals surface area contributed by atoms with Gasteiger partial charge in [0.05, 0.1) is 5.56 Å². The molecule has 0 amide bonds. The van der Waals surface area contributed by atoms with Crippen LogP contribution in [0.3, 0.4) is 0 Å². The quantitative estimate of drug-likeness (QED) is 0.184. The summed E-state index contributed by atoms with van der Waals surface area (Å²) in [6.07, 6.45) is 0.709. The first-order chi connectivity index (χ1) is 8.10. The average molecular weight is 255 g/mol. The summed E-state index contributed by atoms with van der Waals surface area (Å²) < 4.78 is 0. The highest BCUT2D eigenvalue weighted by atomic mass is 32.2. The molecule has 0 saturated heterocycles. The molecule has 0 atom stereocenters. The van der Waals surface area contributed by atoms with Crippen molar-refractivity contribution in [2.45, 2.75) is 25.2 Å². The molecule has 94 valence electrons. The van der Waals surface area contributed by atoms with Crippen LogP contribution in [0.4, 0.5) is 0 Å². The third-order valence-corrected chi connectivity index (χ3v) is 3.34. The van der Waals surface area contributed by atoms with E-state index in [1.54, 1.807) is 11.8 Å². The number of amidine groups is 1. The number of aryl methyl sites for hydroxylation is 2. The lowest BCUT2D eigenvalue weighted by atomic mass is 10.1. The molecule has 0 aliphatic heterocycles. The minimum atomic E-state index is 0.0708. The largest absolute Gasteiger partial charge is 0.409 e. The fourth-order valence-electron chi connectivity index (χ4n) is 1.51. The summed E-state index contributed by atoms with van der Waals surface area (Å²) in [5.41, 5.74) is 7.95. The summed E-state index contributed by atoms with van der Waals surface area (Å²) in [6.45, 7) is 3.89. The van der Waals surface area contributed by atoms with E-state index in [9.17, 15) is 0 Å². The van der Waals surface area contributed by atoms with Crippen LogP contribution in [0.15, 0.2) is 16.1 Å². The van der Waals surface area contributed by atoms with Gasteiger partial charge in [-0.2, -0.15) is 0 Å². The number of oxime groups is 1. The number of nitrogens with zero attached hydrogens (tertiary/aromatic N) is 2. The SMILES string of the molecule is Cc1cc(SCCCO)c(/C(N)=N/O)c(C)n1. The van der Waals surface area contributed by atoms with Crippen LogP contribution in [0, 0.1) is 13.8 Å². The van der Waals surface area contributed by atoms with Crippen molar-refractivity contribution in [2.75, 3.05) is 12.4 Å². The van der Waals surface area contributed by atoms with Gasteiger partial charge in [0.15, 0.2) is 5.84 Å². The van der Waals surface area contributed by atoms with Crippen LogP contribution in [-0.4, -0.2) is 33.5 Å². The molecule has 1 aromatic rings. The fourth-order valence-corrected chi connectivity index (χ4v) is 2.66. The zero-order valence-corrected chi connectivity index (χ0v) is 10.8. The predicted molar refractivity (Wildman–Crippen MR) is 68.6 cm³/mol. The second kappa shape index (κ2) is 6.46. The van der Waals surface area contributed by atoms with E-state index >= 15 is 0 Å². The Kier molecular flexibility index (Phi) is 5.24. The van der Waals surface area contributed by atoms with Gasteiger partial charge in [0.25, 0.3) is 0 Å². The van der Waals surface area contributed by atoms with E-state index < -0.39 is 0 Å². The Hall–Kier alpha value is -1.27. The molecular weight excluding hydrogens is 238 g/mol. The first-order valence-corrected chi connectivity index (χ1v) is 6.28. The van der Waals surface area contributed by atoms with Crippen LogP contribution in [0.25, 0.3) is 0 Å². The Bertz CT molecular complexity index is 421. The maximum Gasteiger partial charge on any atom is 0.173 e. The Balaban J connectivity index is 3.07. The summed E-state index contributed by atoms with van der Waals surface area (Å²) in [4.78, 5) is 5.23. The lowest BCUT2D eigenvalue weighted by Gasteiger charge is -2.11. The Morgan fingerprint density at radius 2 is 2.24 bits per heavy atom. The van der Waals surface area contributed by atoms with Gasteiger partial charge >= 0.3 is 0 Å². The van der Waals surface area contributed by atoms with E-state index in [4.69, 9.17) is 16.0 Å². The van der Waals surface area contributed by atoms with Crippen molar-refractivity contribution < 1.29 is 10.3 Å². The van der Waals surface area contributed by atoms with Gasteiger partial charge < -0.3 is 16.0 Å². The topological polar surface area (TPSA) is 91.7 Å². The first kappa shape index (κ1) is 13.8. The van der Waals surface area contributed by atoms with E-state index in [0.29, 0.717) is 12.0 Å². The summed E-state index contributed by atoms with van der Waals surface area (Å²) in [7, 11) is 0.